The molecule has 2 aromatic rings. The van der Waals surface area contributed by atoms with Crippen molar-refractivity contribution in [3.63, 3.8) is 0 Å². The molecule has 102 valence electrons. The van der Waals surface area contributed by atoms with Crippen LogP contribution in [0, 0.1) is 0 Å². The molecule has 0 N–H and O–H groups in total. The summed E-state index contributed by atoms with van der Waals surface area (Å²) in [4.78, 5) is 14.4. The zero-order valence-electron chi connectivity index (χ0n) is 10.9. The lowest BCUT2D eigenvalue weighted by Gasteiger charge is -2.19. The molecule has 0 aliphatic carbocycles. The van der Waals surface area contributed by atoms with Crippen molar-refractivity contribution < 1.29 is 9.53 Å². The average Bonchev–Trinajstić information content (AvgIpc) is 2.69. The van der Waals surface area contributed by atoms with Gasteiger partial charge in [-0.05, 0) is 30.3 Å². The number of ether oxygens (including phenoxy) is 1. The first-order chi connectivity index (χ1) is 9.74. The summed E-state index contributed by atoms with van der Waals surface area (Å²) in [7, 11) is 0. The quantitative estimate of drug-likeness (QED) is 0.800. The normalized spacial score (nSPS) is 14.2. The minimum atomic E-state index is 0.0396. The van der Waals surface area contributed by atoms with Gasteiger partial charge in [-0.1, -0.05) is 34.1 Å². The summed E-state index contributed by atoms with van der Waals surface area (Å²) in [5.74, 6) is 0.913. The van der Waals surface area contributed by atoms with Gasteiger partial charge in [0.05, 0.1) is 6.54 Å². The van der Waals surface area contributed by atoms with Crippen LogP contribution in [0.3, 0.4) is 0 Å². The number of fused-ring (bicyclic) bond motifs is 1. The highest BCUT2D eigenvalue weighted by molar-refractivity contribution is 9.10. The van der Waals surface area contributed by atoms with Crippen molar-refractivity contribution in [2.24, 2.45) is 0 Å². The van der Waals surface area contributed by atoms with Gasteiger partial charge >= 0.3 is 0 Å². The molecule has 4 heteroatoms. The number of benzene rings is 2. The highest BCUT2D eigenvalue weighted by atomic mass is 79.9. The van der Waals surface area contributed by atoms with Crippen LogP contribution in [0.25, 0.3) is 0 Å². The third kappa shape index (κ3) is 2.70. The highest BCUT2D eigenvalue weighted by Crippen LogP contribution is 2.23. The molecular weight excluding hydrogens is 318 g/mol. The van der Waals surface area contributed by atoms with E-state index in [0.717, 1.165) is 15.8 Å². The van der Waals surface area contributed by atoms with Crippen LogP contribution in [0.2, 0.25) is 0 Å². The van der Waals surface area contributed by atoms with Crippen molar-refractivity contribution in [2.45, 2.75) is 6.54 Å². The van der Waals surface area contributed by atoms with E-state index in [-0.39, 0.29) is 5.91 Å². The van der Waals surface area contributed by atoms with Gasteiger partial charge in [0.2, 0.25) is 0 Å². The number of rotatable bonds is 1. The molecule has 0 fully saturated rings. The summed E-state index contributed by atoms with van der Waals surface area (Å²) in [6.07, 6.45) is 0. The molecule has 0 atom stereocenters. The smallest absolute Gasteiger partial charge is 0.254 e. The summed E-state index contributed by atoms with van der Waals surface area (Å²) in [6.45, 7) is 1.72. The Labute approximate surface area is 126 Å². The van der Waals surface area contributed by atoms with Crippen LogP contribution in [-0.2, 0) is 6.54 Å². The average molecular weight is 332 g/mol. The number of para-hydroxylation sites is 1. The Kier molecular flexibility index (Phi) is 3.74. The largest absolute Gasteiger partial charge is 0.491 e. The maximum absolute atomic E-state index is 12.5. The number of halogens is 1. The number of carbonyl (C=O) groups excluding carboxylic acids is 1. The number of hydrogen-bond donors (Lipinski definition) is 0. The lowest BCUT2D eigenvalue weighted by atomic mass is 10.1. The highest BCUT2D eigenvalue weighted by Gasteiger charge is 2.20. The maximum Gasteiger partial charge on any atom is 0.254 e. The Balaban J connectivity index is 1.84. The molecule has 0 bridgehead atoms. The first-order valence-corrected chi connectivity index (χ1v) is 7.29. The fourth-order valence-corrected chi connectivity index (χ4v) is 2.54. The molecule has 3 nitrogen and oxygen atoms in total. The monoisotopic (exact) mass is 331 g/mol. The number of amides is 1. The van der Waals surface area contributed by atoms with Gasteiger partial charge in [-0.2, -0.15) is 0 Å². The van der Waals surface area contributed by atoms with Crippen molar-refractivity contribution in [3.8, 4) is 5.75 Å². The Morgan fingerprint density at radius 2 is 1.85 bits per heavy atom. The molecule has 3 rings (SSSR count). The van der Waals surface area contributed by atoms with Gasteiger partial charge in [0.15, 0.2) is 0 Å². The standard InChI is InChI=1S/C16H14BrNO2/c17-14-7-5-12(6-8-14)16(19)18-9-10-20-15-4-2-1-3-13(15)11-18/h1-8H,9-11H2. The van der Waals surface area contributed by atoms with Gasteiger partial charge in [0.25, 0.3) is 5.91 Å². The molecule has 0 aromatic heterocycles. The second-order valence-corrected chi connectivity index (χ2v) is 5.61. The van der Waals surface area contributed by atoms with E-state index in [1.165, 1.54) is 0 Å². The van der Waals surface area contributed by atoms with Crippen LogP contribution in [-0.4, -0.2) is 24.0 Å². The summed E-state index contributed by atoms with van der Waals surface area (Å²) in [5, 5.41) is 0. The topological polar surface area (TPSA) is 29.5 Å². The Bertz CT molecular complexity index is 625. The van der Waals surface area contributed by atoms with Gasteiger partial charge < -0.3 is 9.64 Å². The summed E-state index contributed by atoms with van der Waals surface area (Å²) < 4.78 is 6.65. The molecular formula is C16H14BrNO2. The van der Waals surface area contributed by atoms with E-state index < -0.39 is 0 Å². The Morgan fingerprint density at radius 3 is 2.65 bits per heavy atom. The third-order valence-corrected chi connectivity index (χ3v) is 3.86. The second kappa shape index (κ2) is 5.67. The van der Waals surface area contributed by atoms with Crippen LogP contribution in [0.15, 0.2) is 53.0 Å². The van der Waals surface area contributed by atoms with E-state index in [4.69, 9.17) is 4.74 Å². The zero-order valence-corrected chi connectivity index (χ0v) is 12.5. The van der Waals surface area contributed by atoms with Crippen molar-refractivity contribution in [1.82, 2.24) is 4.90 Å². The predicted octanol–water partition coefficient (Wildman–Crippen LogP) is 3.48. The number of nitrogens with zero attached hydrogens (tertiary/aromatic N) is 1. The molecule has 0 saturated carbocycles. The fourth-order valence-electron chi connectivity index (χ4n) is 2.27. The first-order valence-electron chi connectivity index (χ1n) is 6.49. The minimum Gasteiger partial charge on any atom is -0.491 e. The minimum absolute atomic E-state index is 0.0396. The Hall–Kier alpha value is -1.81. The van der Waals surface area contributed by atoms with Crippen molar-refractivity contribution in [3.05, 3.63) is 64.1 Å². The predicted molar refractivity (Wildman–Crippen MR) is 80.8 cm³/mol. The van der Waals surface area contributed by atoms with Crippen LogP contribution in [0.1, 0.15) is 15.9 Å². The zero-order chi connectivity index (χ0) is 13.9. The molecule has 20 heavy (non-hydrogen) atoms. The molecule has 0 radical (unpaired) electrons. The fraction of sp³-hybridized carbons (Fsp3) is 0.188. The summed E-state index contributed by atoms with van der Waals surface area (Å²) in [6, 6.07) is 15.3. The molecule has 1 aliphatic rings. The summed E-state index contributed by atoms with van der Waals surface area (Å²) >= 11 is 3.38. The van der Waals surface area contributed by atoms with Crippen LogP contribution >= 0.6 is 15.9 Å². The third-order valence-electron chi connectivity index (χ3n) is 3.33. The van der Waals surface area contributed by atoms with Crippen molar-refractivity contribution >= 4 is 21.8 Å². The van der Waals surface area contributed by atoms with E-state index in [1.54, 1.807) is 0 Å². The van der Waals surface area contributed by atoms with Crippen LogP contribution < -0.4 is 4.74 Å². The van der Waals surface area contributed by atoms with Crippen molar-refractivity contribution in [2.75, 3.05) is 13.2 Å². The van der Waals surface area contributed by atoms with Gasteiger partial charge in [0.1, 0.15) is 12.4 Å². The van der Waals surface area contributed by atoms with E-state index in [2.05, 4.69) is 15.9 Å². The molecule has 2 aromatic carbocycles. The summed E-state index contributed by atoms with van der Waals surface area (Å²) in [5.41, 5.74) is 1.75. The molecule has 0 saturated heterocycles. The van der Waals surface area contributed by atoms with Gasteiger partial charge in [-0.15, -0.1) is 0 Å². The van der Waals surface area contributed by atoms with E-state index in [1.807, 2.05) is 53.4 Å². The lowest BCUT2D eigenvalue weighted by molar-refractivity contribution is 0.0733. The van der Waals surface area contributed by atoms with Crippen LogP contribution in [0.5, 0.6) is 5.75 Å². The molecule has 1 aliphatic heterocycles. The van der Waals surface area contributed by atoms with Gasteiger partial charge in [-0.25, -0.2) is 0 Å². The molecule has 1 heterocycles. The molecule has 0 spiro atoms. The SMILES string of the molecule is O=C(c1ccc(Br)cc1)N1CCOc2ccccc2C1. The number of carbonyl (C=O) groups is 1. The van der Waals surface area contributed by atoms with Crippen LogP contribution in [0.4, 0.5) is 0 Å². The van der Waals surface area contributed by atoms with Crippen molar-refractivity contribution in [1.29, 1.82) is 0 Å². The molecule has 0 unspecified atom stereocenters. The second-order valence-electron chi connectivity index (χ2n) is 4.69. The maximum atomic E-state index is 12.5. The Morgan fingerprint density at radius 1 is 1.10 bits per heavy atom. The van der Waals surface area contributed by atoms with Gasteiger partial charge in [0, 0.05) is 22.1 Å². The first kappa shape index (κ1) is 13.2. The number of hydrogen-bond acceptors (Lipinski definition) is 2. The van der Waals surface area contributed by atoms with Gasteiger partial charge in [-0.3, -0.25) is 4.79 Å². The lowest BCUT2D eigenvalue weighted by Crippen LogP contribution is -2.32. The van der Waals surface area contributed by atoms with E-state index in [9.17, 15) is 4.79 Å². The molecule has 1 amide bonds. The van der Waals surface area contributed by atoms with E-state index >= 15 is 0 Å². The van der Waals surface area contributed by atoms with E-state index in [0.29, 0.717) is 25.3 Å².